The Kier molecular flexibility index (Phi) is 7.60. The van der Waals surface area contributed by atoms with Crippen molar-refractivity contribution in [1.82, 2.24) is 14.7 Å². The minimum absolute atomic E-state index is 0.00826. The lowest BCUT2D eigenvalue weighted by Gasteiger charge is -2.26. The van der Waals surface area contributed by atoms with Gasteiger partial charge in [-0.25, -0.2) is 9.48 Å². The van der Waals surface area contributed by atoms with Crippen LogP contribution in [0.3, 0.4) is 0 Å². The van der Waals surface area contributed by atoms with E-state index in [0.29, 0.717) is 6.54 Å². The van der Waals surface area contributed by atoms with E-state index in [9.17, 15) is 9.59 Å². The van der Waals surface area contributed by atoms with E-state index in [1.54, 1.807) is 11.0 Å². The Hall–Kier alpha value is -3.67. The topological polar surface area (TPSA) is 64.4 Å². The van der Waals surface area contributed by atoms with Gasteiger partial charge in [0.1, 0.15) is 0 Å². The summed E-state index contributed by atoms with van der Waals surface area (Å²) >= 11 is 0. The summed E-state index contributed by atoms with van der Waals surface area (Å²) in [5.41, 5.74) is 4.56. The molecule has 166 valence electrons. The van der Waals surface area contributed by atoms with Crippen molar-refractivity contribution in [3.05, 3.63) is 89.3 Å². The van der Waals surface area contributed by atoms with Crippen molar-refractivity contribution in [2.45, 2.75) is 40.3 Å². The summed E-state index contributed by atoms with van der Waals surface area (Å²) < 4.78 is 7.06. The fourth-order valence-electron chi connectivity index (χ4n) is 3.47. The quantitative estimate of drug-likeness (QED) is 0.390. The van der Waals surface area contributed by atoms with Crippen LogP contribution in [0, 0.1) is 13.8 Å². The first kappa shape index (κ1) is 23.0. The molecule has 0 aliphatic heterocycles. The first-order valence-corrected chi connectivity index (χ1v) is 10.7. The molecule has 0 aliphatic carbocycles. The number of carbonyl (C=O) groups is 2. The molecule has 1 heterocycles. The molecule has 0 unspecified atom stereocenters. The van der Waals surface area contributed by atoms with Crippen LogP contribution in [0.4, 0.5) is 0 Å². The molecule has 32 heavy (non-hydrogen) atoms. The summed E-state index contributed by atoms with van der Waals surface area (Å²) in [5, 5.41) is 4.57. The third kappa shape index (κ3) is 5.72. The molecule has 2 aromatic carbocycles. The number of esters is 1. The van der Waals surface area contributed by atoms with Crippen molar-refractivity contribution in [3.8, 4) is 5.69 Å². The van der Waals surface area contributed by atoms with Gasteiger partial charge in [-0.3, -0.25) is 4.79 Å². The van der Waals surface area contributed by atoms with E-state index < -0.39 is 5.97 Å². The number of ether oxygens (including phenoxy) is 1. The van der Waals surface area contributed by atoms with Gasteiger partial charge in [-0.1, -0.05) is 48.5 Å². The summed E-state index contributed by atoms with van der Waals surface area (Å²) in [6.45, 7) is 7.91. The van der Waals surface area contributed by atoms with Crippen molar-refractivity contribution in [2.24, 2.45) is 0 Å². The third-order valence-corrected chi connectivity index (χ3v) is 5.21. The number of aromatic nitrogens is 2. The van der Waals surface area contributed by atoms with Gasteiger partial charge < -0.3 is 9.64 Å². The molecular weight excluding hydrogens is 402 g/mol. The molecule has 6 nitrogen and oxygen atoms in total. The highest BCUT2D eigenvalue weighted by Gasteiger charge is 2.19. The number of para-hydroxylation sites is 1. The highest BCUT2D eigenvalue weighted by atomic mass is 16.5. The van der Waals surface area contributed by atoms with Gasteiger partial charge in [0.25, 0.3) is 5.91 Å². The molecule has 0 aliphatic rings. The minimum Gasteiger partial charge on any atom is -0.452 e. The van der Waals surface area contributed by atoms with Gasteiger partial charge in [-0.05, 0) is 51.5 Å². The number of aryl methyl sites for hydroxylation is 1. The highest BCUT2D eigenvalue weighted by molar-refractivity contribution is 5.89. The minimum atomic E-state index is -0.562. The van der Waals surface area contributed by atoms with E-state index in [1.807, 2.05) is 93.0 Å². The molecule has 0 saturated carbocycles. The van der Waals surface area contributed by atoms with E-state index in [4.69, 9.17) is 4.74 Å². The van der Waals surface area contributed by atoms with Gasteiger partial charge >= 0.3 is 5.97 Å². The lowest BCUT2D eigenvalue weighted by atomic mass is 10.2. The average Bonchev–Trinajstić information content (AvgIpc) is 3.08. The predicted octanol–water partition coefficient (Wildman–Crippen LogP) is 4.48. The van der Waals surface area contributed by atoms with Crippen LogP contribution in [0.2, 0.25) is 0 Å². The second-order valence-electron chi connectivity index (χ2n) is 7.87. The van der Waals surface area contributed by atoms with E-state index in [-0.39, 0.29) is 18.6 Å². The monoisotopic (exact) mass is 431 g/mol. The molecule has 0 spiro atoms. The first-order valence-electron chi connectivity index (χ1n) is 10.7. The maximum Gasteiger partial charge on any atom is 0.331 e. The first-order chi connectivity index (χ1) is 15.4. The zero-order valence-corrected chi connectivity index (χ0v) is 19.0. The molecule has 3 aromatic rings. The normalized spacial score (nSPS) is 11.2. The number of amides is 1. The van der Waals surface area contributed by atoms with Gasteiger partial charge in [-0.15, -0.1) is 0 Å². The number of carbonyl (C=O) groups excluding carboxylic acids is 2. The number of nitrogens with zero attached hydrogens (tertiary/aromatic N) is 3. The summed E-state index contributed by atoms with van der Waals surface area (Å²) in [7, 11) is 0. The lowest BCUT2D eigenvalue weighted by Crippen LogP contribution is -2.39. The molecule has 0 saturated heterocycles. The standard InChI is InChI=1S/C26H29N3O3/c1-19(2)28(17-22-11-7-5-8-12-22)25(30)18-32-26(31)16-15-24-20(3)27-29(21(24)4)23-13-9-6-10-14-23/h5-16,19H,17-18H2,1-4H3/b16-15+. The van der Waals surface area contributed by atoms with Crippen LogP contribution in [-0.2, 0) is 20.9 Å². The van der Waals surface area contributed by atoms with Gasteiger partial charge in [0.15, 0.2) is 6.61 Å². The zero-order valence-electron chi connectivity index (χ0n) is 19.0. The molecule has 0 bridgehead atoms. The molecule has 0 fully saturated rings. The third-order valence-electron chi connectivity index (χ3n) is 5.21. The SMILES string of the molecule is Cc1nn(-c2ccccc2)c(C)c1/C=C/C(=O)OCC(=O)N(Cc1ccccc1)C(C)C. The molecule has 0 N–H and O–H groups in total. The molecular formula is C26H29N3O3. The molecule has 1 aromatic heterocycles. The van der Waals surface area contributed by atoms with Crippen molar-refractivity contribution in [2.75, 3.05) is 6.61 Å². The molecule has 6 heteroatoms. The Morgan fingerprint density at radius 1 is 1.03 bits per heavy atom. The Morgan fingerprint density at radius 3 is 2.28 bits per heavy atom. The second kappa shape index (κ2) is 10.6. The second-order valence-corrected chi connectivity index (χ2v) is 7.87. The van der Waals surface area contributed by atoms with Gasteiger partial charge in [0.2, 0.25) is 0 Å². The van der Waals surface area contributed by atoms with Crippen LogP contribution in [-0.4, -0.2) is 39.2 Å². The Bertz CT molecular complexity index is 1090. The van der Waals surface area contributed by atoms with Crippen LogP contribution in [0.15, 0.2) is 66.7 Å². The Labute approximate surface area is 189 Å². The average molecular weight is 432 g/mol. The van der Waals surface area contributed by atoms with Crippen molar-refractivity contribution >= 4 is 18.0 Å². The molecule has 0 atom stereocenters. The summed E-state index contributed by atoms with van der Waals surface area (Å²) in [6.07, 6.45) is 3.03. The number of benzene rings is 2. The fraction of sp³-hybridized carbons (Fsp3) is 0.269. The van der Waals surface area contributed by atoms with Crippen LogP contribution in [0.1, 0.15) is 36.4 Å². The molecule has 1 amide bonds. The van der Waals surface area contributed by atoms with E-state index >= 15 is 0 Å². The lowest BCUT2D eigenvalue weighted by molar-refractivity contribution is -0.149. The number of hydrogen-bond donors (Lipinski definition) is 0. The van der Waals surface area contributed by atoms with Crippen molar-refractivity contribution < 1.29 is 14.3 Å². The van der Waals surface area contributed by atoms with Crippen molar-refractivity contribution in [1.29, 1.82) is 0 Å². The van der Waals surface area contributed by atoms with Crippen LogP contribution in [0.5, 0.6) is 0 Å². The van der Waals surface area contributed by atoms with Crippen LogP contribution >= 0.6 is 0 Å². The number of rotatable bonds is 8. The molecule has 0 radical (unpaired) electrons. The summed E-state index contributed by atoms with van der Waals surface area (Å²) in [6, 6.07) is 19.5. The van der Waals surface area contributed by atoms with Crippen LogP contribution < -0.4 is 0 Å². The van der Waals surface area contributed by atoms with Gasteiger partial charge in [-0.2, -0.15) is 5.10 Å². The van der Waals surface area contributed by atoms with E-state index in [0.717, 1.165) is 28.2 Å². The largest absolute Gasteiger partial charge is 0.452 e. The zero-order chi connectivity index (χ0) is 23.1. The van der Waals surface area contributed by atoms with E-state index in [2.05, 4.69) is 5.10 Å². The van der Waals surface area contributed by atoms with E-state index in [1.165, 1.54) is 6.08 Å². The Morgan fingerprint density at radius 2 is 1.66 bits per heavy atom. The predicted molar refractivity (Wildman–Crippen MR) is 125 cm³/mol. The number of hydrogen-bond acceptors (Lipinski definition) is 4. The van der Waals surface area contributed by atoms with Gasteiger partial charge in [0, 0.05) is 29.9 Å². The van der Waals surface area contributed by atoms with Crippen molar-refractivity contribution in [3.63, 3.8) is 0 Å². The maximum atomic E-state index is 12.6. The summed E-state index contributed by atoms with van der Waals surface area (Å²) in [4.78, 5) is 26.6. The van der Waals surface area contributed by atoms with Crippen LogP contribution in [0.25, 0.3) is 11.8 Å². The highest BCUT2D eigenvalue weighted by Crippen LogP contribution is 2.19. The van der Waals surface area contributed by atoms with Gasteiger partial charge in [0.05, 0.1) is 11.4 Å². The maximum absolute atomic E-state index is 12.6. The smallest absolute Gasteiger partial charge is 0.331 e. The summed E-state index contributed by atoms with van der Waals surface area (Å²) in [5.74, 6) is -0.789. The fourth-order valence-corrected chi connectivity index (χ4v) is 3.47. The Balaban J connectivity index is 1.62. The molecule has 3 rings (SSSR count).